The number of fused-ring (bicyclic) bond motifs is 1. The van der Waals surface area contributed by atoms with Crippen molar-refractivity contribution in [2.75, 3.05) is 11.1 Å². The first kappa shape index (κ1) is 17.2. The zero-order chi connectivity index (χ0) is 17.1. The zero-order valence-corrected chi connectivity index (χ0v) is 15.4. The number of benzene rings is 1. The molecule has 1 aliphatic rings. The van der Waals surface area contributed by atoms with Crippen LogP contribution in [0.25, 0.3) is 0 Å². The molecule has 0 spiro atoms. The van der Waals surface area contributed by atoms with E-state index in [4.69, 9.17) is 11.6 Å². The van der Waals surface area contributed by atoms with Crippen LogP contribution in [0.1, 0.15) is 35.4 Å². The maximum atomic E-state index is 12.2. The predicted molar refractivity (Wildman–Crippen MR) is 99.0 cm³/mol. The highest BCUT2D eigenvalue weighted by molar-refractivity contribution is 7.99. The van der Waals surface area contributed by atoms with E-state index in [1.165, 1.54) is 30.2 Å². The standard InChI is InChI=1S/C18H20ClN3OS/c1-11-7-8-13(19)9-16(11)21-17(23)10-24-18-20-12(2)14-5-3-4-6-15(14)22-18/h7-9H,3-6,10H2,1-2H3,(H,21,23). The number of hydrogen-bond donors (Lipinski definition) is 1. The fourth-order valence-electron chi connectivity index (χ4n) is 2.86. The van der Waals surface area contributed by atoms with Gasteiger partial charge in [-0.15, -0.1) is 0 Å². The summed E-state index contributed by atoms with van der Waals surface area (Å²) in [4.78, 5) is 21.4. The molecule has 0 bridgehead atoms. The van der Waals surface area contributed by atoms with Crippen LogP contribution in [-0.4, -0.2) is 21.6 Å². The van der Waals surface area contributed by atoms with Gasteiger partial charge in [-0.05, 0) is 62.8 Å². The Morgan fingerprint density at radius 2 is 2.04 bits per heavy atom. The van der Waals surface area contributed by atoms with Crippen LogP contribution < -0.4 is 5.32 Å². The first-order valence-electron chi connectivity index (χ1n) is 8.08. The normalized spacial score (nSPS) is 13.5. The van der Waals surface area contributed by atoms with E-state index in [1.807, 2.05) is 26.0 Å². The van der Waals surface area contributed by atoms with Crippen molar-refractivity contribution < 1.29 is 4.79 Å². The molecule has 1 amide bonds. The maximum Gasteiger partial charge on any atom is 0.234 e. The molecule has 1 heterocycles. The van der Waals surface area contributed by atoms with E-state index >= 15 is 0 Å². The SMILES string of the molecule is Cc1ccc(Cl)cc1NC(=O)CSc1nc(C)c2c(n1)CCCC2. The molecule has 1 aromatic heterocycles. The Kier molecular flexibility index (Phi) is 5.41. The number of hydrogen-bond acceptors (Lipinski definition) is 4. The maximum absolute atomic E-state index is 12.2. The van der Waals surface area contributed by atoms with Gasteiger partial charge in [0.2, 0.25) is 5.91 Å². The fourth-order valence-corrected chi connectivity index (χ4v) is 3.74. The lowest BCUT2D eigenvalue weighted by molar-refractivity contribution is -0.113. The molecule has 6 heteroatoms. The molecule has 0 saturated heterocycles. The van der Waals surface area contributed by atoms with Gasteiger partial charge in [-0.25, -0.2) is 9.97 Å². The molecule has 2 aromatic rings. The van der Waals surface area contributed by atoms with Crippen molar-refractivity contribution >= 4 is 35.0 Å². The van der Waals surface area contributed by atoms with Gasteiger partial charge >= 0.3 is 0 Å². The first-order chi connectivity index (χ1) is 11.5. The van der Waals surface area contributed by atoms with Gasteiger partial charge in [-0.3, -0.25) is 4.79 Å². The van der Waals surface area contributed by atoms with Crippen molar-refractivity contribution in [3.8, 4) is 0 Å². The molecule has 0 atom stereocenters. The van der Waals surface area contributed by atoms with Crippen molar-refractivity contribution in [1.29, 1.82) is 0 Å². The zero-order valence-electron chi connectivity index (χ0n) is 13.9. The Balaban J connectivity index is 1.64. The van der Waals surface area contributed by atoms with Gasteiger partial charge in [0.05, 0.1) is 5.75 Å². The van der Waals surface area contributed by atoms with E-state index in [-0.39, 0.29) is 11.7 Å². The molecule has 1 N–H and O–H groups in total. The van der Waals surface area contributed by atoms with Crippen molar-refractivity contribution in [2.45, 2.75) is 44.7 Å². The molecule has 1 aromatic carbocycles. The highest BCUT2D eigenvalue weighted by atomic mass is 35.5. The summed E-state index contributed by atoms with van der Waals surface area (Å²) in [5.41, 5.74) is 5.23. The molecule has 0 radical (unpaired) electrons. The average molecular weight is 362 g/mol. The second-order valence-electron chi connectivity index (χ2n) is 6.02. The summed E-state index contributed by atoms with van der Waals surface area (Å²) >= 11 is 7.36. The fraction of sp³-hybridized carbons (Fsp3) is 0.389. The van der Waals surface area contributed by atoms with Gasteiger partial charge in [0.1, 0.15) is 0 Å². The van der Waals surface area contributed by atoms with Crippen LogP contribution in [0.4, 0.5) is 5.69 Å². The number of anilines is 1. The predicted octanol–water partition coefficient (Wildman–Crippen LogP) is 4.36. The van der Waals surface area contributed by atoms with Gasteiger partial charge in [-0.2, -0.15) is 0 Å². The largest absolute Gasteiger partial charge is 0.325 e. The Morgan fingerprint density at radius 1 is 1.25 bits per heavy atom. The number of amides is 1. The summed E-state index contributed by atoms with van der Waals surface area (Å²) in [5, 5.41) is 4.19. The average Bonchev–Trinajstić information content (AvgIpc) is 2.56. The minimum atomic E-state index is -0.0793. The van der Waals surface area contributed by atoms with Crippen LogP contribution in [0.5, 0.6) is 0 Å². The van der Waals surface area contributed by atoms with E-state index in [2.05, 4.69) is 15.3 Å². The van der Waals surface area contributed by atoms with E-state index in [9.17, 15) is 4.79 Å². The smallest absolute Gasteiger partial charge is 0.234 e. The number of nitrogens with one attached hydrogen (secondary N) is 1. The Hall–Kier alpha value is -1.59. The Labute approximate surface area is 151 Å². The molecule has 3 rings (SSSR count). The summed E-state index contributed by atoms with van der Waals surface area (Å²) in [5.74, 6) is 0.203. The number of rotatable bonds is 4. The molecule has 4 nitrogen and oxygen atoms in total. The second-order valence-corrected chi connectivity index (χ2v) is 7.40. The molecule has 0 aliphatic heterocycles. The number of aromatic nitrogens is 2. The van der Waals surface area contributed by atoms with Gasteiger partial charge in [-0.1, -0.05) is 29.4 Å². The highest BCUT2D eigenvalue weighted by Crippen LogP contribution is 2.25. The summed E-state index contributed by atoms with van der Waals surface area (Å²) in [6.45, 7) is 3.97. The van der Waals surface area contributed by atoms with E-state index in [0.717, 1.165) is 35.5 Å². The Bertz CT molecular complexity index is 779. The number of thioether (sulfide) groups is 1. The topological polar surface area (TPSA) is 54.9 Å². The number of carbonyl (C=O) groups is 1. The summed E-state index contributed by atoms with van der Waals surface area (Å²) in [6.07, 6.45) is 4.48. The van der Waals surface area contributed by atoms with E-state index in [1.54, 1.807) is 6.07 Å². The molecule has 0 unspecified atom stereocenters. The van der Waals surface area contributed by atoms with Crippen LogP contribution >= 0.6 is 23.4 Å². The third-order valence-corrected chi connectivity index (χ3v) is 5.26. The lowest BCUT2D eigenvalue weighted by Crippen LogP contribution is -2.16. The molecule has 0 saturated carbocycles. The van der Waals surface area contributed by atoms with Crippen LogP contribution in [0.3, 0.4) is 0 Å². The molecular weight excluding hydrogens is 342 g/mol. The summed E-state index contributed by atoms with van der Waals surface area (Å²) in [7, 11) is 0. The van der Waals surface area contributed by atoms with Crippen LogP contribution in [-0.2, 0) is 17.6 Å². The lowest BCUT2D eigenvalue weighted by atomic mass is 9.95. The van der Waals surface area contributed by atoms with Gasteiger partial charge < -0.3 is 5.32 Å². The summed E-state index contributed by atoms with van der Waals surface area (Å²) in [6, 6.07) is 5.46. The van der Waals surface area contributed by atoms with Crippen molar-refractivity contribution in [3.63, 3.8) is 0 Å². The number of carbonyl (C=O) groups excluding carboxylic acids is 1. The molecule has 0 fully saturated rings. The van der Waals surface area contributed by atoms with Gasteiger partial charge in [0.25, 0.3) is 0 Å². The van der Waals surface area contributed by atoms with E-state index < -0.39 is 0 Å². The monoisotopic (exact) mass is 361 g/mol. The minimum absolute atomic E-state index is 0.0793. The van der Waals surface area contributed by atoms with Crippen LogP contribution in [0.15, 0.2) is 23.4 Å². The van der Waals surface area contributed by atoms with Crippen molar-refractivity contribution in [2.24, 2.45) is 0 Å². The first-order valence-corrected chi connectivity index (χ1v) is 9.44. The van der Waals surface area contributed by atoms with Crippen molar-refractivity contribution in [3.05, 3.63) is 45.7 Å². The highest BCUT2D eigenvalue weighted by Gasteiger charge is 2.16. The minimum Gasteiger partial charge on any atom is -0.325 e. The summed E-state index contributed by atoms with van der Waals surface area (Å²) < 4.78 is 0. The lowest BCUT2D eigenvalue weighted by Gasteiger charge is -2.17. The van der Waals surface area contributed by atoms with Crippen LogP contribution in [0, 0.1) is 13.8 Å². The second kappa shape index (κ2) is 7.53. The molecule has 1 aliphatic carbocycles. The third-order valence-electron chi connectivity index (χ3n) is 4.18. The van der Waals surface area contributed by atoms with Crippen molar-refractivity contribution in [1.82, 2.24) is 9.97 Å². The van der Waals surface area contributed by atoms with Gasteiger partial charge in [0, 0.05) is 22.1 Å². The molecular formula is C18H20ClN3OS. The molecule has 24 heavy (non-hydrogen) atoms. The van der Waals surface area contributed by atoms with Crippen LogP contribution in [0.2, 0.25) is 5.02 Å². The quantitative estimate of drug-likeness (QED) is 0.649. The molecule has 126 valence electrons. The number of aryl methyl sites for hydroxylation is 3. The third kappa shape index (κ3) is 4.08. The van der Waals surface area contributed by atoms with E-state index in [0.29, 0.717) is 10.2 Å². The Morgan fingerprint density at radius 3 is 2.88 bits per heavy atom. The number of halogens is 1. The van der Waals surface area contributed by atoms with Gasteiger partial charge in [0.15, 0.2) is 5.16 Å². The number of nitrogens with zero attached hydrogens (tertiary/aromatic N) is 2.